The van der Waals surface area contributed by atoms with Crippen molar-refractivity contribution in [1.29, 1.82) is 5.26 Å². The number of aromatic nitrogens is 1. The van der Waals surface area contributed by atoms with Gasteiger partial charge in [-0.05, 0) is 31.2 Å². The molecule has 3 aromatic rings. The zero-order valence-electron chi connectivity index (χ0n) is 13.2. The molecule has 0 fully saturated rings. The summed E-state index contributed by atoms with van der Waals surface area (Å²) < 4.78 is 11.4. The summed E-state index contributed by atoms with van der Waals surface area (Å²) in [4.78, 5) is 4.50. The average molecular weight is 336 g/mol. The van der Waals surface area contributed by atoms with Crippen LogP contribution in [0.4, 0.5) is 0 Å². The quantitative estimate of drug-likeness (QED) is 0.666. The molecular formula is C19H16N2O2S. The zero-order valence-corrected chi connectivity index (χ0v) is 14.0. The minimum atomic E-state index is 0.333. The number of benzene rings is 2. The fourth-order valence-electron chi connectivity index (χ4n) is 2.10. The van der Waals surface area contributed by atoms with Gasteiger partial charge in [0.25, 0.3) is 0 Å². The maximum absolute atomic E-state index is 9.05. The lowest BCUT2D eigenvalue weighted by Crippen LogP contribution is -1.99. The maximum Gasteiger partial charge on any atom is 0.140 e. The summed E-state index contributed by atoms with van der Waals surface area (Å²) in [7, 11) is 0. The van der Waals surface area contributed by atoms with Crippen molar-refractivity contribution >= 4 is 11.3 Å². The summed E-state index contributed by atoms with van der Waals surface area (Å²) in [6, 6.07) is 17.2. The molecule has 0 radical (unpaired) electrons. The second kappa shape index (κ2) is 7.62. The molecule has 0 saturated carbocycles. The summed E-state index contributed by atoms with van der Waals surface area (Å²) >= 11 is 1.54. The van der Waals surface area contributed by atoms with Gasteiger partial charge in [-0.1, -0.05) is 29.8 Å². The molecule has 0 aliphatic rings. The van der Waals surface area contributed by atoms with Crippen LogP contribution in [0.1, 0.15) is 21.8 Å². The Morgan fingerprint density at radius 3 is 2.62 bits per heavy atom. The fourth-order valence-corrected chi connectivity index (χ4v) is 2.79. The molecule has 0 bridgehead atoms. The number of hydrogen-bond acceptors (Lipinski definition) is 5. The highest BCUT2D eigenvalue weighted by molar-refractivity contribution is 7.09. The van der Waals surface area contributed by atoms with E-state index in [0.717, 1.165) is 16.5 Å². The molecule has 3 rings (SSSR count). The second-order valence-corrected chi connectivity index (χ2v) is 6.17. The lowest BCUT2D eigenvalue weighted by atomic mass is 10.2. The predicted octanol–water partition coefficient (Wildman–Crippen LogP) is 4.48. The molecule has 0 unspecified atom stereocenters. The lowest BCUT2D eigenvalue weighted by Gasteiger charge is -2.05. The Morgan fingerprint density at radius 1 is 1.04 bits per heavy atom. The van der Waals surface area contributed by atoms with E-state index >= 15 is 0 Å². The van der Waals surface area contributed by atoms with E-state index in [9.17, 15) is 0 Å². The van der Waals surface area contributed by atoms with Gasteiger partial charge >= 0.3 is 0 Å². The van der Waals surface area contributed by atoms with Crippen LogP contribution in [0.15, 0.2) is 53.9 Å². The van der Waals surface area contributed by atoms with Gasteiger partial charge in [-0.15, -0.1) is 11.3 Å². The van der Waals surface area contributed by atoms with E-state index in [4.69, 9.17) is 14.7 Å². The molecule has 1 heterocycles. The van der Waals surface area contributed by atoms with Crippen molar-refractivity contribution in [3.05, 3.63) is 75.7 Å². The van der Waals surface area contributed by atoms with Crippen molar-refractivity contribution in [3.8, 4) is 17.6 Å². The summed E-state index contributed by atoms with van der Waals surface area (Å²) in [5.74, 6) is 1.40. The van der Waals surface area contributed by atoms with Gasteiger partial charge < -0.3 is 9.47 Å². The van der Waals surface area contributed by atoms with Crippen LogP contribution in [0.3, 0.4) is 0 Å². The molecule has 0 saturated heterocycles. The van der Waals surface area contributed by atoms with Gasteiger partial charge in [0.15, 0.2) is 0 Å². The van der Waals surface area contributed by atoms with E-state index in [2.05, 4.69) is 11.1 Å². The third kappa shape index (κ3) is 4.12. The highest BCUT2D eigenvalue weighted by Gasteiger charge is 2.06. The molecule has 24 heavy (non-hydrogen) atoms. The molecular weight excluding hydrogens is 320 g/mol. The number of para-hydroxylation sites is 1. The van der Waals surface area contributed by atoms with Gasteiger partial charge in [0.1, 0.15) is 35.8 Å². The molecule has 5 heteroatoms. The van der Waals surface area contributed by atoms with E-state index in [-0.39, 0.29) is 0 Å². The van der Waals surface area contributed by atoms with Gasteiger partial charge in [-0.2, -0.15) is 5.26 Å². The third-order valence-electron chi connectivity index (χ3n) is 3.37. The van der Waals surface area contributed by atoms with Crippen molar-refractivity contribution < 1.29 is 9.47 Å². The van der Waals surface area contributed by atoms with Crippen molar-refractivity contribution in [2.24, 2.45) is 0 Å². The standard InChI is InChI=1S/C19H16N2O2S/c1-14-6-8-17(9-7-14)22-12-19-21-16(13-24-19)11-23-18-5-3-2-4-15(18)10-20/h2-9,13H,11-12H2,1H3. The third-order valence-corrected chi connectivity index (χ3v) is 4.24. The Kier molecular flexibility index (Phi) is 5.09. The van der Waals surface area contributed by atoms with Crippen molar-refractivity contribution in [2.45, 2.75) is 20.1 Å². The number of thiazole rings is 1. The van der Waals surface area contributed by atoms with Crippen LogP contribution in [-0.4, -0.2) is 4.98 Å². The van der Waals surface area contributed by atoms with Crippen LogP contribution < -0.4 is 9.47 Å². The van der Waals surface area contributed by atoms with Gasteiger partial charge in [0, 0.05) is 5.38 Å². The molecule has 4 nitrogen and oxygen atoms in total. The van der Waals surface area contributed by atoms with Crippen LogP contribution in [0.2, 0.25) is 0 Å². The number of nitrogens with zero attached hydrogens (tertiary/aromatic N) is 2. The molecule has 120 valence electrons. The Labute approximate surface area is 144 Å². The predicted molar refractivity (Wildman–Crippen MR) is 93.1 cm³/mol. The van der Waals surface area contributed by atoms with E-state index in [1.165, 1.54) is 16.9 Å². The summed E-state index contributed by atoms with van der Waals surface area (Å²) in [6.45, 7) is 2.81. The molecule has 0 aliphatic heterocycles. The average Bonchev–Trinajstić information content (AvgIpc) is 3.07. The number of hydrogen-bond donors (Lipinski definition) is 0. The summed E-state index contributed by atoms with van der Waals surface area (Å²) in [5.41, 5.74) is 2.56. The van der Waals surface area contributed by atoms with Crippen LogP contribution in [0.25, 0.3) is 0 Å². The Bertz CT molecular complexity index is 850. The van der Waals surface area contributed by atoms with Crippen LogP contribution >= 0.6 is 11.3 Å². The molecule has 0 spiro atoms. The van der Waals surface area contributed by atoms with Crippen LogP contribution in [-0.2, 0) is 13.2 Å². The summed E-state index contributed by atoms with van der Waals surface area (Å²) in [5, 5.41) is 11.9. The van der Waals surface area contributed by atoms with Crippen molar-refractivity contribution in [1.82, 2.24) is 4.98 Å². The van der Waals surface area contributed by atoms with Gasteiger partial charge in [0.05, 0.1) is 11.3 Å². The first-order valence-electron chi connectivity index (χ1n) is 7.49. The van der Waals surface area contributed by atoms with Crippen molar-refractivity contribution in [2.75, 3.05) is 0 Å². The topological polar surface area (TPSA) is 55.1 Å². The van der Waals surface area contributed by atoms with Gasteiger partial charge in [-0.25, -0.2) is 4.98 Å². The Balaban J connectivity index is 1.55. The van der Waals surface area contributed by atoms with E-state index in [1.54, 1.807) is 12.1 Å². The van der Waals surface area contributed by atoms with Crippen LogP contribution in [0, 0.1) is 18.3 Å². The van der Waals surface area contributed by atoms with Crippen molar-refractivity contribution in [3.63, 3.8) is 0 Å². The van der Waals surface area contributed by atoms with E-state index in [0.29, 0.717) is 24.5 Å². The first kappa shape index (κ1) is 16.0. The fraction of sp³-hybridized carbons (Fsp3) is 0.158. The zero-order chi connectivity index (χ0) is 16.8. The number of aryl methyl sites for hydroxylation is 1. The normalized spacial score (nSPS) is 10.2. The first-order valence-corrected chi connectivity index (χ1v) is 8.37. The molecule has 1 aromatic heterocycles. The second-order valence-electron chi connectivity index (χ2n) is 5.23. The highest BCUT2D eigenvalue weighted by atomic mass is 32.1. The molecule has 0 atom stereocenters. The summed E-state index contributed by atoms with van der Waals surface area (Å²) in [6.07, 6.45) is 0. The smallest absolute Gasteiger partial charge is 0.140 e. The van der Waals surface area contributed by atoms with Gasteiger partial charge in [-0.3, -0.25) is 0 Å². The SMILES string of the molecule is Cc1ccc(OCc2nc(COc3ccccc3C#N)cs2)cc1. The minimum Gasteiger partial charge on any atom is -0.486 e. The molecule has 0 N–H and O–H groups in total. The monoisotopic (exact) mass is 336 g/mol. The Hall–Kier alpha value is -2.84. The first-order chi connectivity index (χ1) is 11.7. The number of ether oxygens (including phenoxy) is 2. The maximum atomic E-state index is 9.05. The molecule has 0 aliphatic carbocycles. The molecule has 2 aromatic carbocycles. The highest BCUT2D eigenvalue weighted by Crippen LogP contribution is 2.20. The van der Waals surface area contributed by atoms with E-state index < -0.39 is 0 Å². The Morgan fingerprint density at radius 2 is 1.83 bits per heavy atom. The lowest BCUT2D eigenvalue weighted by molar-refractivity contribution is 0.294. The number of nitriles is 1. The largest absolute Gasteiger partial charge is 0.486 e. The molecule has 0 amide bonds. The van der Waals surface area contributed by atoms with Gasteiger partial charge in [0.2, 0.25) is 0 Å². The van der Waals surface area contributed by atoms with Crippen LogP contribution in [0.5, 0.6) is 11.5 Å². The minimum absolute atomic E-state index is 0.333. The van der Waals surface area contributed by atoms with E-state index in [1.807, 2.05) is 48.7 Å². The number of rotatable bonds is 6.